The summed E-state index contributed by atoms with van der Waals surface area (Å²) in [5.74, 6) is 1.68. The fourth-order valence-corrected chi connectivity index (χ4v) is 4.15. The van der Waals surface area contributed by atoms with Crippen molar-refractivity contribution < 1.29 is 9.26 Å². The minimum atomic E-state index is 0.243. The second kappa shape index (κ2) is 7.33. The van der Waals surface area contributed by atoms with Gasteiger partial charge in [-0.3, -0.25) is 4.90 Å². The molecule has 7 nitrogen and oxygen atoms in total. The molecular weight excluding hydrogens is 366 g/mol. The van der Waals surface area contributed by atoms with Crippen molar-refractivity contribution in [3.63, 3.8) is 0 Å². The summed E-state index contributed by atoms with van der Waals surface area (Å²) in [6, 6.07) is 14.5. The Labute approximate surface area is 168 Å². The number of fused-ring (bicyclic) bond motifs is 1. The number of pyridine rings is 1. The van der Waals surface area contributed by atoms with E-state index in [9.17, 15) is 0 Å². The number of methoxy groups -OCH3 is 1. The van der Waals surface area contributed by atoms with Crippen LogP contribution in [0.15, 0.2) is 53.2 Å². The highest BCUT2D eigenvalue weighted by Gasteiger charge is 2.30. The Kier molecular flexibility index (Phi) is 4.52. The van der Waals surface area contributed by atoms with Crippen LogP contribution in [0.5, 0.6) is 5.75 Å². The van der Waals surface area contributed by atoms with Gasteiger partial charge >= 0.3 is 0 Å². The van der Waals surface area contributed by atoms with Crippen LogP contribution in [-0.2, 0) is 6.54 Å². The molecule has 0 saturated carbocycles. The maximum Gasteiger partial charge on any atom is 0.133 e. The summed E-state index contributed by atoms with van der Waals surface area (Å²) < 4.78 is 12.4. The molecule has 4 aromatic rings. The monoisotopic (exact) mass is 389 g/mol. The van der Waals surface area contributed by atoms with Gasteiger partial charge in [0.25, 0.3) is 0 Å². The Balaban J connectivity index is 1.44. The SMILES string of the molecule is COc1cccc(-c2ccc3c([C@H]4CCCN4Cc4cc(C)on4)nnn3c2)c1. The second-order valence-corrected chi connectivity index (χ2v) is 7.51. The number of likely N-dealkylation sites (tertiary alicyclic amines) is 1. The van der Waals surface area contributed by atoms with E-state index in [0.717, 1.165) is 65.5 Å². The summed E-state index contributed by atoms with van der Waals surface area (Å²) in [7, 11) is 1.68. The maximum absolute atomic E-state index is 5.35. The molecule has 0 bridgehead atoms. The Bertz CT molecular complexity index is 1150. The summed E-state index contributed by atoms with van der Waals surface area (Å²) in [6.07, 6.45) is 4.24. The molecule has 0 spiro atoms. The predicted octanol–water partition coefficient (Wildman–Crippen LogP) is 4.04. The number of nitrogens with zero attached hydrogens (tertiary/aromatic N) is 5. The third-order valence-corrected chi connectivity index (χ3v) is 5.56. The third-order valence-electron chi connectivity index (χ3n) is 5.56. The van der Waals surface area contributed by atoms with Gasteiger partial charge in [0.15, 0.2) is 0 Å². The van der Waals surface area contributed by atoms with Gasteiger partial charge in [0.1, 0.15) is 17.2 Å². The Morgan fingerprint density at radius 3 is 2.93 bits per heavy atom. The summed E-state index contributed by atoms with van der Waals surface area (Å²) >= 11 is 0. The molecule has 5 rings (SSSR count). The number of rotatable bonds is 5. The molecule has 0 amide bonds. The average Bonchev–Trinajstić information content (AvgIpc) is 3.47. The minimum absolute atomic E-state index is 0.243. The molecule has 0 aliphatic carbocycles. The number of hydrogen-bond donors (Lipinski definition) is 0. The van der Waals surface area contributed by atoms with Gasteiger partial charge in [-0.05, 0) is 50.1 Å². The van der Waals surface area contributed by atoms with Crippen LogP contribution in [0.1, 0.15) is 36.0 Å². The van der Waals surface area contributed by atoms with Crippen LogP contribution in [0.25, 0.3) is 16.6 Å². The van der Waals surface area contributed by atoms with Crippen LogP contribution in [0.2, 0.25) is 0 Å². The van der Waals surface area contributed by atoms with Crippen molar-refractivity contribution in [3.05, 3.63) is 65.8 Å². The Morgan fingerprint density at radius 2 is 2.10 bits per heavy atom. The average molecular weight is 389 g/mol. The molecule has 3 aromatic heterocycles. The van der Waals surface area contributed by atoms with E-state index < -0.39 is 0 Å². The summed E-state index contributed by atoms with van der Waals surface area (Å²) in [6.45, 7) is 3.71. The van der Waals surface area contributed by atoms with Crippen LogP contribution in [0, 0.1) is 6.92 Å². The first kappa shape index (κ1) is 17.9. The quantitative estimate of drug-likeness (QED) is 0.513. The van der Waals surface area contributed by atoms with Crippen molar-refractivity contribution >= 4 is 5.52 Å². The zero-order valence-corrected chi connectivity index (χ0v) is 16.6. The topological polar surface area (TPSA) is 68.7 Å². The molecule has 0 radical (unpaired) electrons. The van der Waals surface area contributed by atoms with E-state index in [1.807, 2.05) is 41.9 Å². The van der Waals surface area contributed by atoms with Crippen LogP contribution in [-0.4, -0.2) is 38.5 Å². The van der Waals surface area contributed by atoms with Crippen molar-refractivity contribution in [2.75, 3.05) is 13.7 Å². The van der Waals surface area contributed by atoms with E-state index >= 15 is 0 Å². The fraction of sp³-hybridized carbons (Fsp3) is 0.318. The first-order valence-electron chi connectivity index (χ1n) is 9.87. The lowest BCUT2D eigenvalue weighted by Gasteiger charge is -2.21. The number of aromatic nitrogens is 4. The van der Waals surface area contributed by atoms with E-state index in [1.165, 1.54) is 0 Å². The van der Waals surface area contributed by atoms with Gasteiger partial charge in [0.2, 0.25) is 0 Å². The smallest absolute Gasteiger partial charge is 0.133 e. The lowest BCUT2D eigenvalue weighted by atomic mass is 10.1. The molecule has 1 aromatic carbocycles. The van der Waals surface area contributed by atoms with Gasteiger partial charge < -0.3 is 9.26 Å². The first-order chi connectivity index (χ1) is 14.2. The number of benzene rings is 1. The molecule has 1 fully saturated rings. The van der Waals surface area contributed by atoms with E-state index in [0.29, 0.717) is 0 Å². The summed E-state index contributed by atoms with van der Waals surface area (Å²) in [5.41, 5.74) is 5.21. The zero-order valence-electron chi connectivity index (χ0n) is 16.6. The van der Waals surface area contributed by atoms with Gasteiger partial charge in [-0.2, -0.15) is 0 Å². The Hall–Kier alpha value is -3.19. The molecule has 1 atom stereocenters. The first-order valence-corrected chi connectivity index (χ1v) is 9.87. The molecule has 29 heavy (non-hydrogen) atoms. The van der Waals surface area contributed by atoms with Gasteiger partial charge in [-0.25, -0.2) is 4.52 Å². The normalized spacial score (nSPS) is 17.2. The lowest BCUT2D eigenvalue weighted by molar-refractivity contribution is 0.237. The maximum atomic E-state index is 5.35. The molecule has 1 aliphatic rings. The number of hydrogen-bond acceptors (Lipinski definition) is 6. The predicted molar refractivity (Wildman–Crippen MR) is 109 cm³/mol. The molecular formula is C22H23N5O2. The highest BCUT2D eigenvalue weighted by molar-refractivity contribution is 5.67. The van der Waals surface area contributed by atoms with Crippen molar-refractivity contribution in [2.24, 2.45) is 0 Å². The van der Waals surface area contributed by atoms with Crippen LogP contribution in [0.3, 0.4) is 0 Å². The number of ether oxygens (including phenoxy) is 1. The van der Waals surface area contributed by atoms with Gasteiger partial charge in [0.05, 0.1) is 24.4 Å². The molecule has 7 heteroatoms. The van der Waals surface area contributed by atoms with Crippen molar-refractivity contribution in [1.29, 1.82) is 0 Å². The van der Waals surface area contributed by atoms with Crippen LogP contribution in [0.4, 0.5) is 0 Å². The highest BCUT2D eigenvalue weighted by atomic mass is 16.5. The molecule has 1 aliphatic heterocycles. The van der Waals surface area contributed by atoms with E-state index in [-0.39, 0.29) is 6.04 Å². The van der Waals surface area contributed by atoms with E-state index in [1.54, 1.807) is 7.11 Å². The zero-order chi connectivity index (χ0) is 19.8. The highest BCUT2D eigenvalue weighted by Crippen LogP contribution is 2.34. The van der Waals surface area contributed by atoms with E-state index in [4.69, 9.17) is 9.26 Å². The molecule has 4 heterocycles. The lowest BCUT2D eigenvalue weighted by Crippen LogP contribution is -2.23. The fourth-order valence-electron chi connectivity index (χ4n) is 4.15. The van der Waals surface area contributed by atoms with E-state index in [2.05, 4.69) is 38.6 Å². The van der Waals surface area contributed by atoms with Gasteiger partial charge in [-0.15, -0.1) is 5.10 Å². The second-order valence-electron chi connectivity index (χ2n) is 7.51. The van der Waals surface area contributed by atoms with Crippen molar-refractivity contribution in [3.8, 4) is 16.9 Å². The molecule has 0 N–H and O–H groups in total. The summed E-state index contributed by atoms with van der Waals surface area (Å²) in [5, 5.41) is 13.1. The van der Waals surface area contributed by atoms with Crippen molar-refractivity contribution in [1.82, 2.24) is 24.9 Å². The van der Waals surface area contributed by atoms with Gasteiger partial charge in [0, 0.05) is 24.4 Å². The molecule has 0 unspecified atom stereocenters. The van der Waals surface area contributed by atoms with Gasteiger partial charge in [-0.1, -0.05) is 28.6 Å². The molecule has 1 saturated heterocycles. The van der Waals surface area contributed by atoms with Crippen LogP contribution < -0.4 is 4.74 Å². The number of aryl methyl sites for hydroxylation is 1. The summed E-state index contributed by atoms with van der Waals surface area (Å²) in [4.78, 5) is 2.41. The largest absolute Gasteiger partial charge is 0.497 e. The third kappa shape index (κ3) is 3.38. The molecule has 148 valence electrons. The van der Waals surface area contributed by atoms with Crippen LogP contribution >= 0.6 is 0 Å². The van der Waals surface area contributed by atoms with Crippen molar-refractivity contribution in [2.45, 2.75) is 32.4 Å². The minimum Gasteiger partial charge on any atom is -0.497 e. The Morgan fingerprint density at radius 1 is 1.17 bits per heavy atom. The standard InChI is InChI=1S/C22H23N5O2/c1-15-11-18(24-29-15)14-26-10-4-7-20(26)22-21-9-8-17(13-27(21)25-23-22)16-5-3-6-19(12-16)28-2/h3,5-6,8-9,11-13,20H,4,7,10,14H2,1-2H3/t20-/m1/s1.